The van der Waals surface area contributed by atoms with Crippen molar-refractivity contribution in [3.8, 4) is 0 Å². The zero-order valence-electron chi connectivity index (χ0n) is 8.44. The molecule has 72 valence electrons. The minimum Gasteiger partial charge on any atom is -0.184 e. The molecule has 0 heterocycles. The van der Waals surface area contributed by atoms with Crippen LogP contribution in [-0.4, -0.2) is 0 Å². The van der Waals surface area contributed by atoms with E-state index in [1.54, 1.807) is 13.8 Å². The predicted octanol–water partition coefficient (Wildman–Crippen LogP) is 0.633. The summed E-state index contributed by atoms with van der Waals surface area (Å²) in [6, 6.07) is 6.40. The number of rotatable bonds is 1. The Hall–Kier alpha value is 0.646. The van der Waals surface area contributed by atoms with Gasteiger partial charge >= 0.3 is 57.6 Å². The average Bonchev–Trinajstić information content (AvgIpc) is 2.03. The molecular weight excluding hydrogens is 216 g/mol. The maximum Gasteiger partial charge on any atom is 1.00 e. The first-order valence-corrected chi connectivity index (χ1v) is 4.00. The first kappa shape index (κ1) is 14.6. The molecule has 0 atom stereocenters. The van der Waals surface area contributed by atoms with Crippen molar-refractivity contribution in [2.24, 2.45) is 0 Å². The SMILES string of the molecule is CC(C)c1c[c-]ccc1C(F)(F)F.[K+]. The minimum atomic E-state index is -4.26. The van der Waals surface area contributed by atoms with Crippen LogP contribution in [0.5, 0.6) is 0 Å². The summed E-state index contributed by atoms with van der Waals surface area (Å²) in [4.78, 5) is 0. The summed E-state index contributed by atoms with van der Waals surface area (Å²) >= 11 is 0. The van der Waals surface area contributed by atoms with E-state index < -0.39 is 11.7 Å². The molecule has 14 heavy (non-hydrogen) atoms. The van der Waals surface area contributed by atoms with Crippen LogP contribution in [0.25, 0.3) is 0 Å². The molecule has 0 aromatic heterocycles. The fourth-order valence-corrected chi connectivity index (χ4v) is 1.18. The van der Waals surface area contributed by atoms with Crippen LogP contribution in [-0.2, 0) is 6.18 Å². The van der Waals surface area contributed by atoms with Gasteiger partial charge in [-0.05, 0) is 0 Å². The molecular formula is C10H10F3K. The monoisotopic (exact) mass is 226 g/mol. The van der Waals surface area contributed by atoms with Crippen LogP contribution in [0.2, 0.25) is 0 Å². The van der Waals surface area contributed by atoms with Crippen molar-refractivity contribution in [3.05, 3.63) is 35.4 Å². The molecule has 0 aliphatic heterocycles. The Labute approximate surface area is 124 Å². The van der Waals surface area contributed by atoms with E-state index in [0.29, 0.717) is 5.56 Å². The molecule has 0 radical (unpaired) electrons. The Bertz CT molecular complexity index is 292. The number of hydrogen-bond acceptors (Lipinski definition) is 0. The van der Waals surface area contributed by atoms with Gasteiger partial charge in [-0.1, -0.05) is 25.3 Å². The molecule has 1 aromatic rings. The van der Waals surface area contributed by atoms with E-state index in [4.69, 9.17) is 0 Å². The maximum atomic E-state index is 12.4. The number of benzene rings is 1. The topological polar surface area (TPSA) is 0 Å². The molecule has 0 bridgehead atoms. The van der Waals surface area contributed by atoms with E-state index in [1.807, 2.05) is 0 Å². The van der Waals surface area contributed by atoms with E-state index in [-0.39, 0.29) is 57.3 Å². The quantitative estimate of drug-likeness (QED) is 0.487. The maximum absolute atomic E-state index is 12.4. The molecule has 0 N–H and O–H groups in total. The van der Waals surface area contributed by atoms with E-state index >= 15 is 0 Å². The zero-order valence-corrected chi connectivity index (χ0v) is 11.6. The van der Waals surface area contributed by atoms with Gasteiger partial charge in [0.1, 0.15) is 0 Å². The normalized spacial score (nSPS) is 11.3. The van der Waals surface area contributed by atoms with Crippen LogP contribution in [0.4, 0.5) is 13.2 Å². The predicted molar refractivity (Wildman–Crippen MR) is 44.4 cm³/mol. The summed E-state index contributed by atoms with van der Waals surface area (Å²) in [5.41, 5.74) is -0.253. The molecule has 0 aliphatic carbocycles. The number of alkyl halides is 3. The Morgan fingerprint density at radius 2 is 1.86 bits per heavy atom. The first-order chi connectivity index (χ1) is 5.93. The molecule has 1 aromatic carbocycles. The zero-order chi connectivity index (χ0) is 10.1. The Kier molecular flexibility index (Phi) is 5.92. The third-order valence-electron chi connectivity index (χ3n) is 1.82. The van der Waals surface area contributed by atoms with Crippen LogP contribution in [0.1, 0.15) is 30.9 Å². The van der Waals surface area contributed by atoms with E-state index in [2.05, 4.69) is 6.07 Å². The first-order valence-electron chi connectivity index (χ1n) is 4.00. The molecule has 0 saturated heterocycles. The summed E-state index contributed by atoms with van der Waals surface area (Å²) in [7, 11) is 0. The molecule has 4 heteroatoms. The van der Waals surface area contributed by atoms with Gasteiger partial charge in [0.05, 0.1) is 0 Å². The van der Waals surface area contributed by atoms with Crippen molar-refractivity contribution in [2.45, 2.75) is 25.9 Å². The average molecular weight is 226 g/mol. The summed E-state index contributed by atoms with van der Waals surface area (Å²) in [5.74, 6) is -0.130. The van der Waals surface area contributed by atoms with Crippen molar-refractivity contribution in [1.82, 2.24) is 0 Å². The van der Waals surface area contributed by atoms with Gasteiger partial charge in [0.15, 0.2) is 0 Å². The number of halogens is 3. The van der Waals surface area contributed by atoms with Crippen molar-refractivity contribution in [2.75, 3.05) is 0 Å². The van der Waals surface area contributed by atoms with Gasteiger partial charge in [0.2, 0.25) is 0 Å². The third-order valence-corrected chi connectivity index (χ3v) is 1.82. The van der Waals surface area contributed by atoms with Gasteiger partial charge in [0, 0.05) is 0 Å². The van der Waals surface area contributed by atoms with Gasteiger partial charge in [-0.3, -0.25) is 0 Å². The molecule has 0 fully saturated rings. The second-order valence-electron chi connectivity index (χ2n) is 3.17. The summed E-state index contributed by atoms with van der Waals surface area (Å²) < 4.78 is 37.2. The van der Waals surface area contributed by atoms with Crippen LogP contribution in [0, 0.1) is 6.07 Å². The Morgan fingerprint density at radius 1 is 1.29 bits per heavy atom. The van der Waals surface area contributed by atoms with Crippen molar-refractivity contribution in [3.63, 3.8) is 0 Å². The van der Waals surface area contributed by atoms with Crippen LogP contribution < -0.4 is 51.4 Å². The van der Waals surface area contributed by atoms with Gasteiger partial charge in [-0.25, -0.2) is 0 Å². The number of hydrogen-bond donors (Lipinski definition) is 0. The van der Waals surface area contributed by atoms with Crippen molar-refractivity contribution >= 4 is 0 Å². The Morgan fingerprint density at radius 3 is 2.21 bits per heavy atom. The van der Waals surface area contributed by atoms with Gasteiger partial charge in [-0.15, -0.1) is 5.56 Å². The second kappa shape index (κ2) is 5.65. The molecule has 0 unspecified atom stereocenters. The fraction of sp³-hybridized carbons (Fsp3) is 0.400. The molecule has 0 spiro atoms. The summed E-state index contributed by atoms with van der Waals surface area (Å²) in [6.45, 7) is 3.47. The second-order valence-corrected chi connectivity index (χ2v) is 3.17. The molecule has 1 rings (SSSR count). The van der Waals surface area contributed by atoms with Crippen molar-refractivity contribution in [1.29, 1.82) is 0 Å². The van der Waals surface area contributed by atoms with Gasteiger partial charge < -0.3 is 0 Å². The Balaban J connectivity index is 0.00000169. The van der Waals surface area contributed by atoms with Crippen molar-refractivity contribution < 1.29 is 64.6 Å². The van der Waals surface area contributed by atoms with Crippen LogP contribution in [0.3, 0.4) is 0 Å². The molecule has 0 saturated carbocycles. The van der Waals surface area contributed by atoms with Crippen LogP contribution >= 0.6 is 0 Å². The van der Waals surface area contributed by atoms with Crippen LogP contribution in [0.15, 0.2) is 18.2 Å². The van der Waals surface area contributed by atoms with Gasteiger partial charge in [0.25, 0.3) is 0 Å². The standard InChI is InChI=1S/C10H10F3.K/c1-7(2)8-5-3-4-6-9(8)10(11,12)13;/h4-7H,1-2H3;/q-1;+1. The largest absolute Gasteiger partial charge is 1.00 e. The smallest absolute Gasteiger partial charge is 0.184 e. The fourth-order valence-electron chi connectivity index (χ4n) is 1.18. The minimum absolute atomic E-state index is 0. The molecule has 0 amide bonds. The summed E-state index contributed by atoms with van der Waals surface area (Å²) in [5, 5.41) is 0. The van der Waals surface area contributed by atoms with E-state index in [1.165, 1.54) is 12.1 Å². The summed E-state index contributed by atoms with van der Waals surface area (Å²) in [6.07, 6.45) is -4.26. The van der Waals surface area contributed by atoms with Gasteiger partial charge in [-0.2, -0.15) is 37.4 Å². The van der Waals surface area contributed by atoms with E-state index in [0.717, 1.165) is 6.07 Å². The molecule has 0 nitrogen and oxygen atoms in total. The van der Waals surface area contributed by atoms with E-state index in [9.17, 15) is 13.2 Å². The third kappa shape index (κ3) is 3.66. The molecule has 0 aliphatic rings.